The summed E-state index contributed by atoms with van der Waals surface area (Å²) in [6.45, 7) is 13.0. The highest BCUT2D eigenvalue weighted by atomic mass is 32.2. The Balaban J connectivity index is 4.62. The summed E-state index contributed by atoms with van der Waals surface area (Å²) in [5.74, 6) is 0.312. The average Bonchev–Trinajstić information content (AvgIpc) is 2.30. The van der Waals surface area contributed by atoms with Crippen LogP contribution in [0.15, 0.2) is 0 Å². The van der Waals surface area contributed by atoms with Crippen molar-refractivity contribution >= 4 is 9.84 Å². The van der Waals surface area contributed by atoms with Gasteiger partial charge in [0, 0.05) is 12.6 Å². The molecule has 0 saturated heterocycles. The summed E-state index contributed by atoms with van der Waals surface area (Å²) in [5.41, 5.74) is 0.117. The van der Waals surface area contributed by atoms with Gasteiger partial charge in [-0.2, -0.15) is 0 Å². The molecule has 0 unspecified atom stereocenters. The largest absolute Gasteiger partial charge is 0.314 e. The lowest BCUT2D eigenvalue weighted by Crippen LogP contribution is -2.38. The minimum atomic E-state index is -2.92. The van der Waals surface area contributed by atoms with E-state index in [9.17, 15) is 8.42 Å². The van der Waals surface area contributed by atoms with Crippen LogP contribution in [0.25, 0.3) is 0 Å². The molecule has 0 aliphatic heterocycles. The van der Waals surface area contributed by atoms with Gasteiger partial charge in [0.25, 0.3) is 0 Å². The number of hydrogen-bond donors (Lipinski definition) is 1. The fourth-order valence-corrected chi connectivity index (χ4v) is 3.15. The first-order chi connectivity index (χ1) is 8.19. The van der Waals surface area contributed by atoms with Gasteiger partial charge in [0.15, 0.2) is 9.84 Å². The Morgan fingerprint density at radius 3 is 1.89 bits per heavy atom. The Morgan fingerprint density at radius 2 is 1.56 bits per heavy atom. The third-order valence-corrected chi connectivity index (χ3v) is 6.23. The van der Waals surface area contributed by atoms with Crippen molar-refractivity contribution in [2.75, 3.05) is 12.3 Å². The monoisotopic (exact) mass is 277 g/mol. The van der Waals surface area contributed by atoms with E-state index < -0.39 is 9.84 Å². The standard InChI is InChI=1S/C14H31NO2S/c1-7-14(8-2,11-15-12(3)4)9-10-18(16,17)13(5)6/h12-13,15H,7-11H2,1-6H3. The predicted molar refractivity (Wildman–Crippen MR) is 79.7 cm³/mol. The fraction of sp³-hybridized carbons (Fsp3) is 1.00. The second-order valence-corrected chi connectivity index (χ2v) is 8.59. The zero-order valence-electron chi connectivity index (χ0n) is 12.9. The van der Waals surface area contributed by atoms with Crippen molar-refractivity contribution in [2.24, 2.45) is 5.41 Å². The van der Waals surface area contributed by atoms with Crippen LogP contribution in [-0.4, -0.2) is 32.0 Å². The van der Waals surface area contributed by atoms with Gasteiger partial charge < -0.3 is 5.32 Å². The summed E-state index contributed by atoms with van der Waals surface area (Å²) < 4.78 is 23.9. The molecule has 4 heteroatoms. The molecule has 3 nitrogen and oxygen atoms in total. The van der Waals surface area contributed by atoms with Crippen LogP contribution in [0.2, 0.25) is 0 Å². The van der Waals surface area contributed by atoms with Crippen LogP contribution < -0.4 is 5.32 Å². The first-order valence-electron chi connectivity index (χ1n) is 7.14. The van der Waals surface area contributed by atoms with E-state index in [2.05, 4.69) is 33.0 Å². The quantitative estimate of drug-likeness (QED) is 0.704. The third-order valence-electron chi connectivity index (χ3n) is 4.02. The van der Waals surface area contributed by atoms with Crippen molar-refractivity contribution in [1.82, 2.24) is 5.32 Å². The zero-order valence-corrected chi connectivity index (χ0v) is 13.7. The molecule has 0 fully saturated rings. The van der Waals surface area contributed by atoms with E-state index in [1.54, 1.807) is 13.8 Å². The molecule has 0 saturated carbocycles. The molecule has 0 aromatic rings. The average molecular weight is 277 g/mol. The molecular formula is C14H31NO2S. The summed E-state index contributed by atoms with van der Waals surface area (Å²) in [4.78, 5) is 0. The molecule has 18 heavy (non-hydrogen) atoms. The van der Waals surface area contributed by atoms with Crippen LogP contribution in [0.5, 0.6) is 0 Å². The minimum absolute atomic E-state index is 0.117. The Labute approximate surface area is 114 Å². The van der Waals surface area contributed by atoms with Gasteiger partial charge in [-0.15, -0.1) is 0 Å². The Kier molecular flexibility index (Phi) is 7.45. The Morgan fingerprint density at radius 1 is 1.06 bits per heavy atom. The first kappa shape index (κ1) is 17.9. The molecule has 0 amide bonds. The Bertz CT molecular complexity index is 317. The summed E-state index contributed by atoms with van der Waals surface area (Å²) in [7, 11) is -2.92. The molecule has 0 spiro atoms. The fourth-order valence-electron chi connectivity index (χ4n) is 1.96. The van der Waals surface area contributed by atoms with Gasteiger partial charge in [-0.05, 0) is 38.5 Å². The van der Waals surface area contributed by atoms with Gasteiger partial charge in [0.1, 0.15) is 0 Å². The summed E-state index contributed by atoms with van der Waals surface area (Å²) in [6, 6.07) is 0.448. The maximum Gasteiger partial charge on any atom is 0.152 e. The van der Waals surface area contributed by atoms with Crippen molar-refractivity contribution in [3.63, 3.8) is 0 Å². The summed E-state index contributed by atoms with van der Waals surface area (Å²) in [6.07, 6.45) is 2.81. The Hall–Kier alpha value is -0.0900. The highest BCUT2D eigenvalue weighted by Crippen LogP contribution is 2.31. The summed E-state index contributed by atoms with van der Waals surface area (Å²) in [5, 5.41) is 3.20. The van der Waals surface area contributed by atoms with Gasteiger partial charge >= 0.3 is 0 Å². The molecular weight excluding hydrogens is 246 g/mol. The van der Waals surface area contributed by atoms with Gasteiger partial charge in [-0.3, -0.25) is 0 Å². The normalized spacial score (nSPS) is 13.6. The number of hydrogen-bond acceptors (Lipinski definition) is 3. The topological polar surface area (TPSA) is 46.2 Å². The van der Waals surface area contributed by atoms with E-state index in [1.165, 1.54) is 0 Å². The molecule has 0 rings (SSSR count). The van der Waals surface area contributed by atoms with Gasteiger partial charge in [0.05, 0.1) is 11.0 Å². The third kappa shape index (κ3) is 5.70. The molecule has 0 atom stereocenters. The second kappa shape index (κ2) is 7.49. The van der Waals surface area contributed by atoms with Crippen LogP contribution in [0.1, 0.15) is 60.8 Å². The SMILES string of the molecule is CCC(CC)(CCS(=O)(=O)C(C)C)CNC(C)C. The number of nitrogens with one attached hydrogen (secondary N) is 1. The van der Waals surface area contributed by atoms with E-state index in [4.69, 9.17) is 0 Å². The van der Waals surface area contributed by atoms with Crippen molar-refractivity contribution in [3.05, 3.63) is 0 Å². The van der Waals surface area contributed by atoms with Crippen molar-refractivity contribution in [2.45, 2.75) is 72.1 Å². The van der Waals surface area contributed by atoms with E-state index in [0.717, 1.165) is 25.8 Å². The lowest BCUT2D eigenvalue weighted by Gasteiger charge is -2.33. The van der Waals surface area contributed by atoms with E-state index >= 15 is 0 Å². The van der Waals surface area contributed by atoms with E-state index in [0.29, 0.717) is 11.8 Å². The molecule has 0 bridgehead atoms. The maximum atomic E-state index is 11.9. The highest BCUT2D eigenvalue weighted by Gasteiger charge is 2.29. The smallest absolute Gasteiger partial charge is 0.152 e. The number of rotatable bonds is 9. The summed E-state index contributed by atoms with van der Waals surface area (Å²) >= 11 is 0. The lowest BCUT2D eigenvalue weighted by molar-refractivity contribution is 0.232. The van der Waals surface area contributed by atoms with Crippen molar-refractivity contribution in [1.29, 1.82) is 0 Å². The molecule has 1 N–H and O–H groups in total. The van der Waals surface area contributed by atoms with Crippen LogP contribution >= 0.6 is 0 Å². The molecule has 0 heterocycles. The molecule has 0 radical (unpaired) electrons. The van der Waals surface area contributed by atoms with Gasteiger partial charge in [0.2, 0.25) is 0 Å². The van der Waals surface area contributed by atoms with E-state index in [-0.39, 0.29) is 10.7 Å². The highest BCUT2D eigenvalue weighted by molar-refractivity contribution is 7.91. The predicted octanol–water partition coefficient (Wildman–Crippen LogP) is 3.00. The first-order valence-corrected chi connectivity index (χ1v) is 8.85. The van der Waals surface area contributed by atoms with Crippen molar-refractivity contribution in [3.8, 4) is 0 Å². The minimum Gasteiger partial charge on any atom is -0.314 e. The number of sulfone groups is 1. The molecule has 0 aromatic heterocycles. The van der Waals surface area contributed by atoms with Gasteiger partial charge in [-0.25, -0.2) is 8.42 Å². The molecule has 110 valence electrons. The van der Waals surface area contributed by atoms with E-state index in [1.807, 2.05) is 0 Å². The lowest BCUT2D eigenvalue weighted by atomic mass is 9.79. The van der Waals surface area contributed by atoms with Crippen molar-refractivity contribution < 1.29 is 8.42 Å². The van der Waals surface area contributed by atoms with Crippen LogP contribution in [0, 0.1) is 5.41 Å². The van der Waals surface area contributed by atoms with Gasteiger partial charge in [-0.1, -0.05) is 27.7 Å². The van der Waals surface area contributed by atoms with Crippen LogP contribution in [0.4, 0.5) is 0 Å². The van der Waals surface area contributed by atoms with Crippen LogP contribution in [0.3, 0.4) is 0 Å². The molecule has 0 aliphatic rings. The molecule has 0 aliphatic carbocycles. The second-order valence-electron chi connectivity index (χ2n) is 5.91. The van der Waals surface area contributed by atoms with Crippen LogP contribution in [-0.2, 0) is 9.84 Å². The maximum absolute atomic E-state index is 11.9. The zero-order chi connectivity index (χ0) is 14.4. The molecule has 0 aromatic carbocycles.